The van der Waals surface area contributed by atoms with Gasteiger partial charge in [0.1, 0.15) is 37.0 Å². The fourth-order valence-electron chi connectivity index (χ4n) is 2.39. The summed E-state index contributed by atoms with van der Waals surface area (Å²) >= 11 is 0. The van der Waals surface area contributed by atoms with Crippen LogP contribution in [0.2, 0.25) is 12.1 Å². The number of nitrogens with zero attached hydrogens (tertiary/aromatic N) is 6. The molecule has 0 atom stereocenters. The van der Waals surface area contributed by atoms with Gasteiger partial charge in [-0.25, -0.2) is 29.9 Å². The maximum absolute atomic E-state index is 6.31. The molecular weight excluding hydrogens is 388 g/mol. The minimum atomic E-state index is -3.08. The second-order valence-electron chi connectivity index (χ2n) is 5.39. The van der Waals surface area contributed by atoms with Gasteiger partial charge in [-0.1, -0.05) is 0 Å². The average molecular weight is 413 g/mol. The Morgan fingerprint density at radius 2 is 0.963 bits per heavy atom. The predicted octanol–water partition coefficient (Wildman–Crippen LogP) is 0.322. The molecule has 2 rings (SSSR count). The second kappa shape index (κ2) is 10.6. The minimum Gasteiger partial charge on any atom is -0.377 e. The van der Waals surface area contributed by atoms with Gasteiger partial charge >= 0.3 is 17.6 Å². The van der Waals surface area contributed by atoms with E-state index in [0.717, 1.165) is 0 Å². The molecular formula is C14H24N6O5Si2. The Hall–Kier alpha value is -1.75. The van der Waals surface area contributed by atoms with Crippen LogP contribution in [0.5, 0.6) is 0 Å². The number of aromatic nitrogens is 6. The van der Waals surface area contributed by atoms with Gasteiger partial charge in [0.2, 0.25) is 0 Å². The number of hydrogen-bond donors (Lipinski definition) is 0. The summed E-state index contributed by atoms with van der Waals surface area (Å²) in [6.45, 7) is 0. The summed E-state index contributed by atoms with van der Waals surface area (Å²) in [5, 5.41) is 0. The third-order valence-corrected chi connectivity index (χ3v) is 10.7. The van der Waals surface area contributed by atoms with Gasteiger partial charge in [0.15, 0.2) is 0 Å². The van der Waals surface area contributed by atoms with Gasteiger partial charge in [-0.3, -0.25) is 0 Å². The largest absolute Gasteiger partial charge is 0.493 e. The van der Waals surface area contributed by atoms with E-state index < -0.39 is 17.6 Å². The Morgan fingerprint density at radius 1 is 0.630 bits per heavy atom. The lowest BCUT2D eigenvalue weighted by Gasteiger charge is -2.35. The van der Waals surface area contributed by atoms with Crippen molar-refractivity contribution in [1.82, 2.24) is 29.9 Å². The smallest absolute Gasteiger partial charge is 0.377 e. The lowest BCUT2D eigenvalue weighted by Crippen LogP contribution is -2.57. The Kier molecular flexibility index (Phi) is 8.42. The Morgan fingerprint density at radius 3 is 1.26 bits per heavy atom. The highest BCUT2D eigenvalue weighted by atomic mass is 28.5. The number of rotatable bonds is 12. The molecule has 0 aliphatic rings. The van der Waals surface area contributed by atoms with E-state index >= 15 is 0 Å². The topological polar surface area (TPSA) is 123 Å². The quantitative estimate of drug-likeness (QED) is 0.448. The molecule has 27 heavy (non-hydrogen) atoms. The van der Waals surface area contributed by atoms with Crippen molar-refractivity contribution in [3.63, 3.8) is 0 Å². The fraction of sp³-hybridized carbons (Fsp3) is 0.571. The van der Waals surface area contributed by atoms with E-state index in [9.17, 15) is 0 Å². The summed E-state index contributed by atoms with van der Waals surface area (Å²) in [5.41, 5.74) is 0. The zero-order valence-electron chi connectivity index (χ0n) is 15.9. The van der Waals surface area contributed by atoms with Crippen molar-refractivity contribution in [3.05, 3.63) is 37.0 Å². The molecule has 0 aliphatic carbocycles. The molecule has 0 aliphatic heterocycles. The molecule has 0 saturated heterocycles. The molecule has 0 saturated carbocycles. The number of hydrogen-bond acceptors (Lipinski definition) is 11. The first kappa shape index (κ1) is 21.6. The highest BCUT2D eigenvalue weighted by molar-refractivity contribution is 6.75. The molecule has 0 N–H and O–H groups in total. The van der Waals surface area contributed by atoms with E-state index in [-0.39, 0.29) is 0 Å². The lowest BCUT2D eigenvalue weighted by molar-refractivity contribution is 0.0865. The Bertz CT molecular complexity index is 606. The molecule has 0 spiro atoms. The molecule has 11 nitrogen and oxygen atoms in total. The van der Waals surface area contributed by atoms with Gasteiger partial charge in [-0.05, 0) is 0 Å². The van der Waals surface area contributed by atoms with Crippen LogP contribution in [0, 0.1) is 0 Å². The first-order chi connectivity index (χ1) is 13.1. The summed E-state index contributed by atoms with van der Waals surface area (Å²) in [5.74, 6) is 1.26. The maximum atomic E-state index is 6.31. The third-order valence-electron chi connectivity index (χ3n) is 3.96. The van der Waals surface area contributed by atoms with Crippen molar-refractivity contribution in [2.45, 2.75) is 24.9 Å². The molecule has 0 radical (unpaired) electrons. The molecule has 0 unspecified atom stereocenters. The number of aryl methyl sites for hydroxylation is 2. The van der Waals surface area contributed by atoms with Crippen LogP contribution < -0.4 is 0 Å². The van der Waals surface area contributed by atoms with Crippen LogP contribution in [-0.4, -0.2) is 76.0 Å². The van der Waals surface area contributed by atoms with E-state index in [0.29, 0.717) is 36.6 Å². The zero-order chi connectivity index (χ0) is 19.6. The molecule has 2 aromatic rings. The highest BCUT2D eigenvalue weighted by Gasteiger charge is 2.51. The van der Waals surface area contributed by atoms with Crippen LogP contribution in [0.1, 0.15) is 11.6 Å². The second-order valence-corrected chi connectivity index (χ2v) is 11.6. The SMILES string of the molecule is CO[Si](CCc1ncncn1)(OC)O[Si](CCc1ncncn1)(OC)OC. The van der Waals surface area contributed by atoms with Crippen LogP contribution in [0.4, 0.5) is 0 Å². The maximum Gasteiger partial charge on any atom is 0.493 e. The van der Waals surface area contributed by atoms with Crippen molar-refractivity contribution in [2.24, 2.45) is 0 Å². The predicted molar refractivity (Wildman–Crippen MR) is 97.3 cm³/mol. The van der Waals surface area contributed by atoms with Gasteiger partial charge < -0.3 is 21.8 Å². The highest BCUT2D eigenvalue weighted by Crippen LogP contribution is 2.26. The van der Waals surface area contributed by atoms with Crippen molar-refractivity contribution in [1.29, 1.82) is 0 Å². The molecule has 2 heterocycles. The van der Waals surface area contributed by atoms with Gasteiger partial charge in [-0.2, -0.15) is 0 Å². The Labute approximate surface area is 160 Å². The fourth-order valence-corrected chi connectivity index (χ4v) is 8.65. The normalized spacial score (nSPS) is 12.3. The van der Waals surface area contributed by atoms with Crippen LogP contribution in [0.25, 0.3) is 0 Å². The van der Waals surface area contributed by atoms with Crippen LogP contribution >= 0.6 is 0 Å². The van der Waals surface area contributed by atoms with Crippen molar-refractivity contribution >= 4 is 17.6 Å². The molecule has 0 aromatic carbocycles. The average Bonchev–Trinajstić information content (AvgIpc) is 2.75. The van der Waals surface area contributed by atoms with Gasteiger partial charge in [0, 0.05) is 53.4 Å². The lowest BCUT2D eigenvalue weighted by atomic mass is 10.5. The van der Waals surface area contributed by atoms with Crippen molar-refractivity contribution in [3.8, 4) is 0 Å². The first-order valence-corrected chi connectivity index (χ1v) is 12.1. The first-order valence-electron chi connectivity index (χ1n) is 8.23. The van der Waals surface area contributed by atoms with E-state index in [1.165, 1.54) is 25.3 Å². The van der Waals surface area contributed by atoms with Gasteiger partial charge in [0.25, 0.3) is 0 Å². The summed E-state index contributed by atoms with van der Waals surface area (Å²) in [6.07, 6.45) is 6.83. The van der Waals surface area contributed by atoms with Crippen LogP contribution in [0.3, 0.4) is 0 Å². The summed E-state index contributed by atoms with van der Waals surface area (Å²) in [4.78, 5) is 24.1. The standard InChI is InChI=1S/C14H24N6O5Si2/c1-21-26(22-2,7-5-13-17-9-15-10-18-13)25-27(23-3,24-4)8-6-14-19-11-16-12-20-14/h9-12H,5-8H2,1-4H3. The van der Waals surface area contributed by atoms with Crippen LogP contribution in [0.15, 0.2) is 25.3 Å². The monoisotopic (exact) mass is 412 g/mol. The van der Waals surface area contributed by atoms with Gasteiger partial charge in [-0.15, -0.1) is 0 Å². The Balaban J connectivity index is 2.10. The van der Waals surface area contributed by atoms with E-state index in [1.54, 1.807) is 28.4 Å². The zero-order valence-corrected chi connectivity index (χ0v) is 17.9. The van der Waals surface area contributed by atoms with Crippen LogP contribution in [-0.2, 0) is 34.7 Å². The van der Waals surface area contributed by atoms with E-state index in [2.05, 4.69) is 29.9 Å². The van der Waals surface area contributed by atoms with E-state index in [4.69, 9.17) is 21.8 Å². The molecule has 0 amide bonds. The summed E-state index contributed by atoms with van der Waals surface area (Å²) < 4.78 is 29.0. The summed E-state index contributed by atoms with van der Waals surface area (Å²) in [6, 6.07) is 0.939. The van der Waals surface area contributed by atoms with Gasteiger partial charge in [0.05, 0.1) is 0 Å². The molecule has 148 valence electrons. The molecule has 2 aromatic heterocycles. The minimum absolute atomic E-state index is 0.469. The van der Waals surface area contributed by atoms with E-state index in [1.807, 2.05) is 0 Å². The molecule has 0 fully saturated rings. The van der Waals surface area contributed by atoms with Crippen molar-refractivity contribution < 1.29 is 21.8 Å². The van der Waals surface area contributed by atoms with Crippen molar-refractivity contribution in [2.75, 3.05) is 28.4 Å². The molecule has 0 bridgehead atoms. The third kappa shape index (κ3) is 6.13. The summed E-state index contributed by atoms with van der Waals surface area (Å²) in [7, 11) is 0.0533. The molecule has 13 heteroatoms.